The molecule has 2 aromatic rings. The second-order valence-electron chi connectivity index (χ2n) is 7.93. The molecule has 1 aliphatic heterocycles. The molecule has 10 heteroatoms. The molecule has 4 rings (SSSR count). The predicted molar refractivity (Wildman–Crippen MR) is 121 cm³/mol. The fourth-order valence-electron chi connectivity index (χ4n) is 4.25. The quantitative estimate of drug-likeness (QED) is 0.449. The van der Waals surface area contributed by atoms with Crippen LogP contribution in [0.2, 0.25) is 5.02 Å². The van der Waals surface area contributed by atoms with E-state index >= 15 is 0 Å². The third kappa shape index (κ3) is 3.88. The van der Waals surface area contributed by atoms with Gasteiger partial charge in [-0.05, 0) is 49.9 Å². The minimum atomic E-state index is -4.34. The molecular weight excluding hydrogens is 488 g/mol. The Bertz CT molecular complexity index is 1480. The molecule has 0 N–H and O–H groups in total. The van der Waals surface area contributed by atoms with E-state index in [0.29, 0.717) is 0 Å². The zero-order valence-corrected chi connectivity index (χ0v) is 19.9. The fraction of sp³-hybridized carbons (Fsp3) is 0.261. The smallest absolute Gasteiger partial charge is 0.204 e. The summed E-state index contributed by atoms with van der Waals surface area (Å²) >= 11 is 6.38. The van der Waals surface area contributed by atoms with Crippen LogP contribution in [0.15, 0.2) is 56.7 Å². The number of halogens is 1. The molecule has 0 radical (unpaired) electrons. The number of fused-ring (bicyclic) bond motifs is 1. The molecule has 1 heterocycles. The standard InChI is InChI=1S/C23H19ClO7S2/c1-13(25)14-5-2-3-7-19(14)33(30,31)20-8-4-6-17(26)21(20)23(27)16-9-10-18-15(22(16)24)11-12-32(18,28)29/h2-3,5,7,9-10H,4,6,8,11-12H2,1H3. The van der Waals surface area contributed by atoms with E-state index in [2.05, 4.69) is 0 Å². The average molecular weight is 507 g/mol. The summed E-state index contributed by atoms with van der Waals surface area (Å²) in [7, 11) is -7.83. The summed E-state index contributed by atoms with van der Waals surface area (Å²) in [6, 6.07) is 8.12. The molecule has 0 unspecified atom stereocenters. The number of hydrogen-bond donors (Lipinski definition) is 0. The van der Waals surface area contributed by atoms with Gasteiger partial charge in [0, 0.05) is 17.5 Å². The normalized spacial score (nSPS) is 17.7. The molecule has 2 aliphatic rings. The maximum atomic E-state index is 13.5. The van der Waals surface area contributed by atoms with Crippen LogP contribution in [0.1, 0.15) is 52.5 Å². The van der Waals surface area contributed by atoms with Gasteiger partial charge in [-0.1, -0.05) is 29.8 Å². The SMILES string of the molecule is CC(=O)c1ccccc1S(=O)(=O)C1=C(C(=O)c2ccc3c(c2Cl)CCS3(=O)=O)C(=O)CCC1. The minimum absolute atomic E-state index is 0.00854. The Hall–Kier alpha value is -2.62. The molecule has 0 aromatic heterocycles. The van der Waals surface area contributed by atoms with Gasteiger partial charge in [-0.3, -0.25) is 14.4 Å². The number of Topliss-reactive ketones (excluding diaryl/α,β-unsaturated/α-hetero) is 3. The summed E-state index contributed by atoms with van der Waals surface area (Å²) in [5, 5.41) is -0.0923. The van der Waals surface area contributed by atoms with Crippen molar-refractivity contribution in [1.82, 2.24) is 0 Å². The van der Waals surface area contributed by atoms with E-state index in [1.54, 1.807) is 0 Å². The molecule has 0 saturated carbocycles. The van der Waals surface area contributed by atoms with Crippen molar-refractivity contribution in [1.29, 1.82) is 0 Å². The second-order valence-corrected chi connectivity index (χ2v) is 12.3. The number of benzene rings is 2. The van der Waals surface area contributed by atoms with Crippen LogP contribution in [0, 0.1) is 0 Å². The highest BCUT2D eigenvalue weighted by atomic mass is 35.5. The molecule has 0 fully saturated rings. The summed E-state index contributed by atoms with van der Waals surface area (Å²) in [5.41, 5.74) is -0.346. The highest BCUT2D eigenvalue weighted by molar-refractivity contribution is 7.95. The first-order valence-electron chi connectivity index (χ1n) is 10.2. The van der Waals surface area contributed by atoms with E-state index in [9.17, 15) is 31.2 Å². The molecule has 0 spiro atoms. The van der Waals surface area contributed by atoms with Gasteiger partial charge in [0.1, 0.15) is 0 Å². The van der Waals surface area contributed by atoms with E-state index in [-0.39, 0.29) is 67.8 Å². The molecular formula is C23H19ClO7S2. The third-order valence-electron chi connectivity index (χ3n) is 5.87. The van der Waals surface area contributed by atoms with E-state index in [4.69, 9.17) is 11.6 Å². The van der Waals surface area contributed by atoms with Gasteiger partial charge in [0.05, 0.1) is 31.0 Å². The molecule has 33 heavy (non-hydrogen) atoms. The summed E-state index contributed by atoms with van der Waals surface area (Å²) < 4.78 is 51.4. The Kier molecular flexibility index (Phi) is 5.92. The molecule has 172 valence electrons. The molecule has 7 nitrogen and oxygen atoms in total. The summed E-state index contributed by atoms with van der Waals surface area (Å²) in [4.78, 5) is 37.7. The van der Waals surface area contributed by atoms with Gasteiger partial charge in [0.25, 0.3) is 0 Å². The third-order valence-corrected chi connectivity index (χ3v) is 10.1. The number of ketones is 3. The lowest BCUT2D eigenvalue weighted by Crippen LogP contribution is -2.24. The van der Waals surface area contributed by atoms with Crippen LogP contribution in [0.25, 0.3) is 0 Å². The first kappa shape index (κ1) is 23.5. The van der Waals surface area contributed by atoms with Gasteiger partial charge in [0.15, 0.2) is 27.2 Å². The average Bonchev–Trinajstić information content (AvgIpc) is 3.08. The van der Waals surface area contributed by atoms with Crippen molar-refractivity contribution in [2.75, 3.05) is 5.75 Å². The number of allylic oxidation sites excluding steroid dienone is 2. The molecule has 0 bridgehead atoms. The Labute approximate surface area is 196 Å². The summed E-state index contributed by atoms with van der Waals surface area (Å²) in [5.74, 6) is -2.10. The first-order chi connectivity index (χ1) is 15.5. The van der Waals surface area contributed by atoms with Crippen LogP contribution >= 0.6 is 11.6 Å². The lowest BCUT2D eigenvalue weighted by molar-refractivity contribution is -0.115. The number of sulfone groups is 2. The van der Waals surface area contributed by atoms with Crippen LogP contribution < -0.4 is 0 Å². The first-order valence-corrected chi connectivity index (χ1v) is 13.7. The maximum Gasteiger partial charge on any atom is 0.204 e. The Balaban J connectivity index is 1.92. The second kappa shape index (κ2) is 8.30. The number of carbonyl (C=O) groups is 3. The van der Waals surface area contributed by atoms with Gasteiger partial charge in [-0.2, -0.15) is 0 Å². The molecule has 1 aliphatic carbocycles. The fourth-order valence-corrected chi connectivity index (χ4v) is 8.11. The number of carbonyl (C=O) groups excluding carboxylic acids is 3. The molecule has 0 saturated heterocycles. The monoisotopic (exact) mass is 506 g/mol. The largest absolute Gasteiger partial charge is 0.294 e. The van der Waals surface area contributed by atoms with E-state index in [1.807, 2.05) is 0 Å². The zero-order chi connectivity index (χ0) is 24.1. The predicted octanol–water partition coefficient (Wildman–Crippen LogP) is 3.54. The molecule has 0 atom stereocenters. The van der Waals surface area contributed by atoms with Crippen molar-refractivity contribution in [3.63, 3.8) is 0 Å². The van der Waals surface area contributed by atoms with Crippen molar-refractivity contribution in [2.45, 2.75) is 42.4 Å². The topological polar surface area (TPSA) is 119 Å². The van der Waals surface area contributed by atoms with Gasteiger partial charge in [-0.25, -0.2) is 16.8 Å². The van der Waals surface area contributed by atoms with Crippen molar-refractivity contribution in [2.24, 2.45) is 0 Å². The van der Waals surface area contributed by atoms with Crippen LogP contribution in [0.4, 0.5) is 0 Å². The molecule has 2 aromatic carbocycles. The van der Waals surface area contributed by atoms with Crippen LogP contribution in [-0.4, -0.2) is 39.9 Å². The summed E-state index contributed by atoms with van der Waals surface area (Å²) in [6.45, 7) is 1.24. The molecule has 0 amide bonds. The van der Waals surface area contributed by atoms with Crippen LogP contribution in [-0.2, 0) is 30.9 Å². The zero-order valence-electron chi connectivity index (χ0n) is 17.6. The number of hydrogen-bond acceptors (Lipinski definition) is 7. The van der Waals surface area contributed by atoms with E-state index in [1.165, 1.54) is 43.3 Å². The summed E-state index contributed by atoms with van der Waals surface area (Å²) in [6.07, 6.45) is 0.314. The van der Waals surface area contributed by atoms with Crippen LogP contribution in [0.5, 0.6) is 0 Å². The highest BCUT2D eigenvalue weighted by Gasteiger charge is 2.38. The Morgan fingerprint density at radius 3 is 2.36 bits per heavy atom. The lowest BCUT2D eigenvalue weighted by atomic mass is 9.91. The van der Waals surface area contributed by atoms with Crippen molar-refractivity contribution < 1.29 is 31.2 Å². The van der Waals surface area contributed by atoms with Crippen molar-refractivity contribution in [3.05, 3.63) is 68.6 Å². The van der Waals surface area contributed by atoms with E-state index < -0.39 is 42.6 Å². The van der Waals surface area contributed by atoms with Crippen molar-refractivity contribution in [3.8, 4) is 0 Å². The lowest BCUT2D eigenvalue weighted by Gasteiger charge is -2.20. The minimum Gasteiger partial charge on any atom is -0.294 e. The Morgan fingerprint density at radius 1 is 0.970 bits per heavy atom. The van der Waals surface area contributed by atoms with E-state index in [0.717, 1.165) is 0 Å². The maximum absolute atomic E-state index is 13.5. The van der Waals surface area contributed by atoms with Crippen molar-refractivity contribution >= 4 is 48.6 Å². The van der Waals surface area contributed by atoms with Gasteiger partial charge in [-0.15, -0.1) is 0 Å². The van der Waals surface area contributed by atoms with Gasteiger partial charge >= 0.3 is 0 Å². The van der Waals surface area contributed by atoms with Crippen LogP contribution in [0.3, 0.4) is 0 Å². The Morgan fingerprint density at radius 2 is 1.67 bits per heavy atom. The van der Waals surface area contributed by atoms with Gasteiger partial charge in [0.2, 0.25) is 9.84 Å². The number of rotatable bonds is 5. The van der Waals surface area contributed by atoms with Gasteiger partial charge < -0.3 is 0 Å². The highest BCUT2D eigenvalue weighted by Crippen LogP contribution is 2.38.